The van der Waals surface area contributed by atoms with Gasteiger partial charge in [0.2, 0.25) is 0 Å². The van der Waals surface area contributed by atoms with Crippen molar-refractivity contribution in [2.24, 2.45) is 0 Å². The van der Waals surface area contributed by atoms with Gasteiger partial charge < -0.3 is 4.55 Å². The molecule has 6 heteroatoms. The first-order chi connectivity index (χ1) is 8.12. The minimum absolute atomic E-state index is 0.152. The molecule has 1 rings (SSSR count). The van der Waals surface area contributed by atoms with Gasteiger partial charge in [-0.25, -0.2) is 8.78 Å². The third-order valence-corrected chi connectivity index (χ3v) is 4.47. The van der Waals surface area contributed by atoms with E-state index in [1.807, 2.05) is 0 Å². The van der Waals surface area contributed by atoms with Gasteiger partial charge in [0.1, 0.15) is 4.75 Å². The highest BCUT2D eigenvalue weighted by molar-refractivity contribution is 9.10. The zero-order chi connectivity index (χ0) is 14.1. The highest BCUT2D eigenvalue weighted by Gasteiger charge is 2.29. The number of nitrogens with one attached hydrogen (secondary N) is 1. The van der Waals surface area contributed by atoms with Crippen molar-refractivity contribution in [3.8, 4) is 0 Å². The highest BCUT2D eigenvalue weighted by atomic mass is 79.9. The maximum Gasteiger partial charge on any atom is 0.163 e. The molecular formula is C12H16BrF2NOS. The first kappa shape index (κ1) is 15.9. The van der Waals surface area contributed by atoms with Gasteiger partial charge in [-0.3, -0.25) is 0 Å². The Balaban J connectivity index is 2.95. The SMILES string of the molecule is CC(N[S@@+]([O-])C(C)(C)C)c1cc(Br)cc(F)c1F. The number of benzene rings is 1. The number of hydrogen-bond acceptors (Lipinski definition) is 2. The average molecular weight is 340 g/mol. The van der Waals surface area contributed by atoms with Crippen LogP contribution in [0.3, 0.4) is 0 Å². The average Bonchev–Trinajstić information content (AvgIpc) is 2.21. The summed E-state index contributed by atoms with van der Waals surface area (Å²) in [5, 5.41) is 0. The van der Waals surface area contributed by atoms with Crippen LogP contribution in [0.1, 0.15) is 39.3 Å². The maximum absolute atomic E-state index is 13.6. The molecular weight excluding hydrogens is 324 g/mol. The molecule has 1 N–H and O–H groups in total. The lowest BCUT2D eigenvalue weighted by Crippen LogP contribution is -2.40. The second-order valence-electron chi connectivity index (χ2n) is 5.01. The van der Waals surface area contributed by atoms with Crippen molar-refractivity contribution < 1.29 is 13.3 Å². The van der Waals surface area contributed by atoms with E-state index >= 15 is 0 Å². The Bertz CT molecular complexity index is 437. The summed E-state index contributed by atoms with van der Waals surface area (Å²) in [5.41, 5.74) is 0.152. The molecule has 0 aliphatic carbocycles. The monoisotopic (exact) mass is 339 g/mol. The van der Waals surface area contributed by atoms with Gasteiger partial charge in [0.15, 0.2) is 11.6 Å². The van der Waals surface area contributed by atoms with E-state index in [1.54, 1.807) is 27.7 Å². The summed E-state index contributed by atoms with van der Waals surface area (Å²) in [6.45, 7) is 7.07. The van der Waals surface area contributed by atoms with Gasteiger partial charge in [-0.15, -0.1) is 4.72 Å². The van der Waals surface area contributed by atoms with E-state index in [-0.39, 0.29) is 5.56 Å². The molecule has 1 aromatic carbocycles. The van der Waals surface area contributed by atoms with Gasteiger partial charge in [-0.05, 0) is 39.8 Å². The fraction of sp³-hybridized carbons (Fsp3) is 0.500. The molecule has 18 heavy (non-hydrogen) atoms. The molecule has 0 spiro atoms. The molecule has 2 atom stereocenters. The lowest BCUT2D eigenvalue weighted by atomic mass is 10.1. The lowest BCUT2D eigenvalue weighted by molar-refractivity contribution is 0.481. The summed E-state index contributed by atoms with van der Waals surface area (Å²) < 4.78 is 41.6. The van der Waals surface area contributed by atoms with E-state index in [0.29, 0.717) is 4.47 Å². The molecule has 0 saturated heterocycles. The Kier molecular flexibility index (Phi) is 5.17. The first-order valence-corrected chi connectivity index (χ1v) is 7.39. The maximum atomic E-state index is 13.6. The molecule has 102 valence electrons. The normalized spacial score (nSPS) is 15.6. The molecule has 0 aromatic heterocycles. The minimum Gasteiger partial charge on any atom is -0.598 e. The quantitative estimate of drug-likeness (QED) is 0.670. The van der Waals surface area contributed by atoms with Crippen LogP contribution in [0.25, 0.3) is 0 Å². The minimum atomic E-state index is -1.34. The van der Waals surface area contributed by atoms with Crippen LogP contribution in [0.2, 0.25) is 0 Å². The second kappa shape index (κ2) is 5.86. The summed E-state index contributed by atoms with van der Waals surface area (Å²) in [4.78, 5) is 0. The summed E-state index contributed by atoms with van der Waals surface area (Å²) in [6, 6.07) is 2.00. The topological polar surface area (TPSA) is 35.1 Å². The summed E-state index contributed by atoms with van der Waals surface area (Å²) in [5.74, 6) is -1.83. The Labute approximate surface area is 118 Å². The van der Waals surface area contributed by atoms with Crippen LogP contribution >= 0.6 is 15.9 Å². The number of rotatable bonds is 3. The third kappa shape index (κ3) is 3.91. The fourth-order valence-electron chi connectivity index (χ4n) is 1.29. The molecule has 0 bridgehead atoms. The van der Waals surface area contributed by atoms with Crippen LogP contribution in [-0.4, -0.2) is 9.30 Å². The van der Waals surface area contributed by atoms with Crippen LogP contribution in [0.5, 0.6) is 0 Å². The van der Waals surface area contributed by atoms with Gasteiger partial charge in [-0.2, -0.15) is 0 Å². The van der Waals surface area contributed by atoms with E-state index < -0.39 is 33.8 Å². The third-order valence-electron chi connectivity index (χ3n) is 2.33. The Hall–Kier alpha value is -0.170. The predicted molar refractivity (Wildman–Crippen MR) is 73.5 cm³/mol. The molecule has 1 aromatic rings. The Morgan fingerprint density at radius 1 is 1.33 bits per heavy atom. The summed E-state index contributed by atoms with van der Waals surface area (Å²) >= 11 is 1.77. The fourth-order valence-corrected chi connectivity index (χ4v) is 2.54. The van der Waals surface area contributed by atoms with Crippen molar-refractivity contribution in [2.45, 2.75) is 38.5 Å². The first-order valence-electron chi connectivity index (χ1n) is 5.45. The molecule has 0 amide bonds. The van der Waals surface area contributed by atoms with Crippen molar-refractivity contribution in [1.29, 1.82) is 0 Å². The highest BCUT2D eigenvalue weighted by Crippen LogP contribution is 2.26. The predicted octanol–water partition coefficient (Wildman–Crippen LogP) is 3.84. The van der Waals surface area contributed by atoms with Gasteiger partial charge in [0.25, 0.3) is 0 Å². The van der Waals surface area contributed by atoms with E-state index in [9.17, 15) is 13.3 Å². The smallest absolute Gasteiger partial charge is 0.163 e. The number of hydrogen-bond donors (Lipinski definition) is 1. The van der Waals surface area contributed by atoms with Crippen LogP contribution < -0.4 is 4.72 Å². The summed E-state index contributed by atoms with van der Waals surface area (Å²) in [6.07, 6.45) is 0. The van der Waals surface area contributed by atoms with Crippen molar-refractivity contribution in [3.63, 3.8) is 0 Å². The molecule has 1 unspecified atom stereocenters. The Morgan fingerprint density at radius 3 is 2.39 bits per heavy atom. The van der Waals surface area contributed by atoms with Crippen molar-refractivity contribution >= 4 is 27.3 Å². The summed E-state index contributed by atoms with van der Waals surface area (Å²) in [7, 11) is 0. The second-order valence-corrected chi connectivity index (χ2v) is 7.93. The van der Waals surface area contributed by atoms with Gasteiger partial charge in [0.05, 0.1) is 6.04 Å². The molecule has 0 saturated carbocycles. The van der Waals surface area contributed by atoms with Crippen molar-refractivity contribution in [2.75, 3.05) is 0 Å². The van der Waals surface area contributed by atoms with Crippen LogP contribution in [0, 0.1) is 11.6 Å². The van der Waals surface area contributed by atoms with Crippen LogP contribution in [-0.2, 0) is 11.4 Å². The Morgan fingerprint density at radius 2 is 1.89 bits per heavy atom. The van der Waals surface area contributed by atoms with Gasteiger partial charge in [-0.1, -0.05) is 15.9 Å². The van der Waals surface area contributed by atoms with Gasteiger partial charge >= 0.3 is 0 Å². The van der Waals surface area contributed by atoms with Crippen molar-refractivity contribution in [1.82, 2.24) is 4.72 Å². The van der Waals surface area contributed by atoms with Crippen LogP contribution in [0.4, 0.5) is 8.78 Å². The number of halogens is 3. The molecule has 0 aliphatic rings. The largest absolute Gasteiger partial charge is 0.598 e. The molecule has 0 fully saturated rings. The van der Waals surface area contributed by atoms with E-state index in [1.165, 1.54) is 6.07 Å². The zero-order valence-corrected chi connectivity index (χ0v) is 13.1. The van der Waals surface area contributed by atoms with Gasteiger partial charge in [0, 0.05) is 21.4 Å². The lowest BCUT2D eigenvalue weighted by Gasteiger charge is -2.26. The molecule has 0 aliphatic heterocycles. The van der Waals surface area contributed by atoms with E-state index in [0.717, 1.165) is 6.07 Å². The molecule has 2 nitrogen and oxygen atoms in total. The molecule has 0 radical (unpaired) electrons. The van der Waals surface area contributed by atoms with Crippen LogP contribution in [0.15, 0.2) is 16.6 Å². The standard InChI is InChI=1S/C12H16BrF2NOS/c1-7(16-18(17)12(2,3)4)9-5-8(13)6-10(14)11(9)15/h5-7,16H,1-4H3/t7?,18-/m0/s1. The van der Waals surface area contributed by atoms with E-state index in [2.05, 4.69) is 20.7 Å². The molecule has 0 heterocycles. The van der Waals surface area contributed by atoms with E-state index in [4.69, 9.17) is 0 Å². The zero-order valence-electron chi connectivity index (χ0n) is 10.7. The van der Waals surface area contributed by atoms with Crippen molar-refractivity contribution in [3.05, 3.63) is 33.8 Å².